The van der Waals surface area contributed by atoms with Crippen LogP contribution in [-0.4, -0.2) is 32.8 Å². The maximum absolute atomic E-state index is 13.4. The average molecular weight is 347 g/mol. The van der Waals surface area contributed by atoms with Crippen molar-refractivity contribution in [2.24, 2.45) is 0 Å². The Kier molecular flexibility index (Phi) is 7.07. The third kappa shape index (κ3) is 5.38. The van der Waals surface area contributed by atoms with Crippen molar-refractivity contribution < 1.29 is 23.4 Å². The van der Waals surface area contributed by atoms with Gasteiger partial charge in [-0.05, 0) is 43.7 Å². The minimum atomic E-state index is -0.395. The number of para-hydroxylation sites is 1. The Bertz CT molecular complexity index is 706. The molecule has 1 amide bonds. The number of carbonyl (C=O) groups is 1. The first-order valence-electron chi connectivity index (χ1n) is 8.12. The van der Waals surface area contributed by atoms with E-state index in [2.05, 4.69) is 5.32 Å². The summed E-state index contributed by atoms with van der Waals surface area (Å²) in [6.45, 7) is 3.08. The fraction of sp³-hybridized carbons (Fsp3) is 0.316. The standard InChI is InChI=1S/C19H22FNO4/c1-3-24-18-13-14(9-10-17(18)23-2)19(22)21-11-6-12-25-16-8-5-4-7-15(16)20/h4-5,7-10,13H,3,6,11-12H2,1-2H3,(H,21,22). The number of benzene rings is 2. The summed E-state index contributed by atoms with van der Waals surface area (Å²) >= 11 is 0. The lowest BCUT2D eigenvalue weighted by Crippen LogP contribution is -2.25. The largest absolute Gasteiger partial charge is 0.493 e. The Morgan fingerprint density at radius 2 is 1.88 bits per heavy atom. The molecule has 0 aliphatic rings. The predicted molar refractivity (Wildman–Crippen MR) is 93.0 cm³/mol. The van der Waals surface area contributed by atoms with Gasteiger partial charge in [0, 0.05) is 12.1 Å². The first-order chi connectivity index (χ1) is 12.2. The van der Waals surface area contributed by atoms with E-state index in [0.717, 1.165) is 0 Å². The fourth-order valence-electron chi connectivity index (χ4n) is 2.21. The van der Waals surface area contributed by atoms with Crippen molar-refractivity contribution in [2.75, 3.05) is 26.9 Å². The molecule has 0 aliphatic heterocycles. The molecule has 0 aromatic heterocycles. The maximum Gasteiger partial charge on any atom is 0.251 e. The number of hydrogen-bond donors (Lipinski definition) is 1. The highest BCUT2D eigenvalue weighted by atomic mass is 19.1. The van der Waals surface area contributed by atoms with Gasteiger partial charge in [0.15, 0.2) is 23.1 Å². The number of methoxy groups -OCH3 is 1. The summed E-state index contributed by atoms with van der Waals surface area (Å²) in [4.78, 5) is 12.2. The summed E-state index contributed by atoms with van der Waals surface area (Å²) in [5.41, 5.74) is 0.485. The molecule has 2 aromatic carbocycles. The monoisotopic (exact) mass is 347 g/mol. The molecule has 134 valence electrons. The van der Waals surface area contributed by atoms with E-state index in [4.69, 9.17) is 14.2 Å². The molecule has 0 saturated carbocycles. The lowest BCUT2D eigenvalue weighted by molar-refractivity contribution is 0.0951. The number of hydrogen-bond acceptors (Lipinski definition) is 4. The molecule has 1 N–H and O–H groups in total. The zero-order valence-electron chi connectivity index (χ0n) is 14.4. The summed E-state index contributed by atoms with van der Waals surface area (Å²) in [7, 11) is 1.55. The molecule has 0 aliphatic carbocycles. The van der Waals surface area contributed by atoms with Crippen LogP contribution >= 0.6 is 0 Å². The van der Waals surface area contributed by atoms with Gasteiger partial charge in [0.1, 0.15) is 0 Å². The van der Waals surface area contributed by atoms with Gasteiger partial charge in [-0.2, -0.15) is 0 Å². The summed E-state index contributed by atoms with van der Waals surface area (Å²) in [5, 5.41) is 2.80. The van der Waals surface area contributed by atoms with Crippen LogP contribution in [0.15, 0.2) is 42.5 Å². The third-order valence-electron chi connectivity index (χ3n) is 3.43. The Hall–Kier alpha value is -2.76. The number of halogens is 1. The molecule has 5 nitrogen and oxygen atoms in total. The number of ether oxygens (including phenoxy) is 3. The van der Waals surface area contributed by atoms with Crippen molar-refractivity contribution in [1.29, 1.82) is 0 Å². The lowest BCUT2D eigenvalue weighted by atomic mass is 10.2. The number of carbonyl (C=O) groups excluding carboxylic acids is 1. The van der Waals surface area contributed by atoms with E-state index in [1.807, 2.05) is 6.92 Å². The van der Waals surface area contributed by atoms with Crippen LogP contribution < -0.4 is 19.5 Å². The van der Waals surface area contributed by atoms with Crippen molar-refractivity contribution in [3.63, 3.8) is 0 Å². The normalized spacial score (nSPS) is 10.2. The molecule has 0 atom stereocenters. The maximum atomic E-state index is 13.4. The first-order valence-corrected chi connectivity index (χ1v) is 8.12. The summed E-state index contributed by atoms with van der Waals surface area (Å²) in [6.07, 6.45) is 0.564. The van der Waals surface area contributed by atoms with E-state index >= 15 is 0 Å². The Morgan fingerprint density at radius 1 is 1.08 bits per heavy atom. The third-order valence-corrected chi connectivity index (χ3v) is 3.43. The average Bonchev–Trinajstić information content (AvgIpc) is 2.63. The first kappa shape index (κ1) is 18.6. The van der Waals surface area contributed by atoms with E-state index in [1.54, 1.807) is 43.5 Å². The zero-order chi connectivity index (χ0) is 18.1. The van der Waals surface area contributed by atoms with Crippen LogP contribution in [0.5, 0.6) is 17.2 Å². The highest BCUT2D eigenvalue weighted by Crippen LogP contribution is 2.28. The van der Waals surface area contributed by atoms with Gasteiger partial charge in [0.2, 0.25) is 0 Å². The van der Waals surface area contributed by atoms with Crippen molar-refractivity contribution >= 4 is 5.91 Å². The summed E-state index contributed by atoms with van der Waals surface area (Å²) in [5.74, 6) is 0.713. The van der Waals surface area contributed by atoms with Crippen molar-refractivity contribution in [3.05, 3.63) is 53.8 Å². The SMILES string of the molecule is CCOc1cc(C(=O)NCCCOc2ccccc2F)ccc1OC. The van der Waals surface area contributed by atoms with Crippen molar-refractivity contribution in [2.45, 2.75) is 13.3 Å². The Balaban J connectivity index is 1.80. The highest BCUT2D eigenvalue weighted by Gasteiger charge is 2.10. The molecular formula is C19H22FNO4. The molecular weight excluding hydrogens is 325 g/mol. The van der Waals surface area contributed by atoms with Crippen LogP contribution in [0.25, 0.3) is 0 Å². The van der Waals surface area contributed by atoms with Gasteiger partial charge in [-0.3, -0.25) is 4.79 Å². The molecule has 0 radical (unpaired) electrons. The summed E-state index contributed by atoms with van der Waals surface area (Å²) in [6, 6.07) is 11.2. The van der Waals surface area contributed by atoms with Gasteiger partial charge in [-0.15, -0.1) is 0 Å². The molecule has 0 spiro atoms. The van der Waals surface area contributed by atoms with Crippen LogP contribution in [0.4, 0.5) is 4.39 Å². The highest BCUT2D eigenvalue weighted by molar-refractivity contribution is 5.94. The fourth-order valence-corrected chi connectivity index (χ4v) is 2.21. The molecule has 0 heterocycles. The van der Waals surface area contributed by atoms with Crippen LogP contribution in [0, 0.1) is 5.82 Å². The zero-order valence-corrected chi connectivity index (χ0v) is 14.4. The molecule has 0 unspecified atom stereocenters. The molecule has 6 heteroatoms. The predicted octanol–water partition coefficient (Wildman–Crippen LogP) is 3.43. The Morgan fingerprint density at radius 3 is 2.60 bits per heavy atom. The van der Waals surface area contributed by atoms with Crippen LogP contribution in [0.3, 0.4) is 0 Å². The van der Waals surface area contributed by atoms with Crippen LogP contribution in [0.1, 0.15) is 23.7 Å². The van der Waals surface area contributed by atoms with Crippen LogP contribution in [-0.2, 0) is 0 Å². The second-order valence-corrected chi connectivity index (χ2v) is 5.19. The van der Waals surface area contributed by atoms with Crippen molar-refractivity contribution in [3.8, 4) is 17.2 Å². The van der Waals surface area contributed by atoms with E-state index in [-0.39, 0.29) is 11.7 Å². The van der Waals surface area contributed by atoms with E-state index < -0.39 is 5.82 Å². The summed E-state index contributed by atoms with van der Waals surface area (Å²) < 4.78 is 29.4. The quantitative estimate of drug-likeness (QED) is 0.706. The number of nitrogens with one attached hydrogen (secondary N) is 1. The van der Waals surface area contributed by atoms with Gasteiger partial charge < -0.3 is 19.5 Å². The van der Waals surface area contributed by atoms with E-state index in [0.29, 0.717) is 43.2 Å². The smallest absolute Gasteiger partial charge is 0.251 e. The second kappa shape index (κ2) is 9.52. The van der Waals surface area contributed by atoms with Gasteiger partial charge in [-0.1, -0.05) is 12.1 Å². The molecule has 0 bridgehead atoms. The second-order valence-electron chi connectivity index (χ2n) is 5.19. The van der Waals surface area contributed by atoms with Gasteiger partial charge in [0.25, 0.3) is 5.91 Å². The van der Waals surface area contributed by atoms with Crippen LogP contribution in [0.2, 0.25) is 0 Å². The Labute approximate surface area is 146 Å². The topological polar surface area (TPSA) is 56.8 Å². The minimum Gasteiger partial charge on any atom is -0.493 e. The van der Waals surface area contributed by atoms with E-state index in [1.165, 1.54) is 6.07 Å². The molecule has 2 rings (SSSR count). The van der Waals surface area contributed by atoms with Gasteiger partial charge in [-0.25, -0.2) is 4.39 Å². The van der Waals surface area contributed by atoms with E-state index in [9.17, 15) is 9.18 Å². The molecule has 2 aromatic rings. The van der Waals surface area contributed by atoms with Gasteiger partial charge in [0.05, 0.1) is 20.3 Å². The van der Waals surface area contributed by atoms with Gasteiger partial charge >= 0.3 is 0 Å². The molecule has 0 saturated heterocycles. The number of amides is 1. The van der Waals surface area contributed by atoms with Crippen molar-refractivity contribution in [1.82, 2.24) is 5.32 Å². The lowest BCUT2D eigenvalue weighted by Gasteiger charge is -2.11. The number of rotatable bonds is 9. The molecule has 25 heavy (non-hydrogen) atoms. The molecule has 0 fully saturated rings. The minimum absolute atomic E-state index is 0.213.